The molecule has 0 unspecified atom stereocenters. The Morgan fingerprint density at radius 3 is 2.02 bits per heavy atom. The van der Waals surface area contributed by atoms with Gasteiger partial charge >= 0.3 is 0 Å². The summed E-state index contributed by atoms with van der Waals surface area (Å²) in [7, 11) is 0. The van der Waals surface area contributed by atoms with E-state index in [0.29, 0.717) is 0 Å². The van der Waals surface area contributed by atoms with Crippen LogP contribution in [0.15, 0.2) is 182 Å². The van der Waals surface area contributed by atoms with Crippen LogP contribution in [0.3, 0.4) is 0 Å². The van der Waals surface area contributed by atoms with E-state index in [9.17, 15) is 0 Å². The second kappa shape index (κ2) is 12.2. The van der Waals surface area contributed by atoms with Gasteiger partial charge in [0.15, 0.2) is 11.5 Å². The van der Waals surface area contributed by atoms with Crippen molar-refractivity contribution in [2.75, 3.05) is 9.80 Å². The van der Waals surface area contributed by atoms with Gasteiger partial charge in [0.1, 0.15) is 0 Å². The van der Waals surface area contributed by atoms with Crippen LogP contribution in [-0.2, 0) is 5.41 Å². The smallest absolute Gasteiger partial charge is 0.153 e. The Morgan fingerprint density at radius 2 is 1.13 bits per heavy atom. The number of hydrogen-bond acceptors (Lipinski definition) is 4. The molecule has 0 N–H and O–H groups in total. The van der Waals surface area contributed by atoms with E-state index in [1.165, 1.54) is 53.6 Å². The Kier molecular flexibility index (Phi) is 7.07. The van der Waals surface area contributed by atoms with Crippen LogP contribution in [0, 0.1) is 0 Å². The molecule has 0 saturated heterocycles. The van der Waals surface area contributed by atoms with Gasteiger partial charge in [-0.3, -0.25) is 0 Å². The highest BCUT2D eigenvalue weighted by Gasteiger charge is 2.36. The number of nitrogens with zero attached hydrogens (tertiary/aromatic N) is 2. The highest BCUT2D eigenvalue weighted by molar-refractivity contribution is 7.25. The summed E-state index contributed by atoms with van der Waals surface area (Å²) in [6.45, 7) is 4.69. The summed E-state index contributed by atoms with van der Waals surface area (Å²) >= 11 is 1.86. The van der Waals surface area contributed by atoms with Gasteiger partial charge in [-0.05, 0) is 112 Å². The van der Waals surface area contributed by atoms with Crippen LogP contribution in [0.5, 0.6) is 11.5 Å². The van der Waals surface area contributed by atoms with Crippen LogP contribution in [0.1, 0.15) is 25.0 Å². The Morgan fingerprint density at radius 1 is 0.473 bits per heavy atom. The zero-order valence-corrected chi connectivity index (χ0v) is 31.3. The molecule has 9 aromatic rings. The maximum absolute atomic E-state index is 6.71. The minimum absolute atomic E-state index is 0.124. The average molecular weight is 725 g/mol. The van der Waals surface area contributed by atoms with Crippen LogP contribution in [-0.4, -0.2) is 0 Å². The van der Waals surface area contributed by atoms with E-state index >= 15 is 0 Å². The van der Waals surface area contributed by atoms with E-state index < -0.39 is 0 Å². The Labute approximate surface area is 324 Å². The number of fused-ring (bicyclic) bond motifs is 8. The summed E-state index contributed by atoms with van der Waals surface area (Å²) in [6.07, 6.45) is 0. The molecule has 1 aliphatic heterocycles. The number of benzene rings is 8. The Balaban J connectivity index is 1.05. The number of anilines is 6. The fourth-order valence-electron chi connectivity index (χ4n) is 8.73. The predicted octanol–water partition coefficient (Wildman–Crippen LogP) is 15.1. The Hall–Kier alpha value is -6.62. The van der Waals surface area contributed by atoms with Crippen molar-refractivity contribution < 1.29 is 4.74 Å². The number of hydrogen-bond donors (Lipinski definition) is 0. The monoisotopic (exact) mass is 724 g/mol. The summed E-state index contributed by atoms with van der Waals surface area (Å²) in [5.41, 5.74) is 13.9. The standard InChI is InChI=1S/C51H36N2OS/c1-51(2)43-16-8-6-14-39(43)40-27-25-37(31-44(40)51)52(36-23-20-33(21-24-36)34-22-29-50-42(30-34)41-15-7-11-19-49(41)55-50)38-26-28-46-48(32-38)54-47-18-10-9-17-45(47)53(46)35-12-4-3-5-13-35/h3-32H,1-2H3. The number of thiophene rings is 1. The van der Waals surface area contributed by atoms with E-state index in [2.05, 4.69) is 194 Å². The van der Waals surface area contributed by atoms with Gasteiger partial charge in [0.2, 0.25) is 0 Å². The van der Waals surface area contributed by atoms with Crippen LogP contribution < -0.4 is 14.5 Å². The molecule has 0 bridgehead atoms. The summed E-state index contributed by atoms with van der Waals surface area (Å²) < 4.78 is 9.35. The summed E-state index contributed by atoms with van der Waals surface area (Å²) in [4.78, 5) is 4.66. The third-order valence-corrected chi connectivity index (χ3v) is 12.6. The lowest BCUT2D eigenvalue weighted by atomic mass is 9.82. The van der Waals surface area contributed by atoms with Crippen molar-refractivity contribution in [2.45, 2.75) is 19.3 Å². The van der Waals surface area contributed by atoms with E-state index in [-0.39, 0.29) is 5.41 Å². The highest BCUT2D eigenvalue weighted by atomic mass is 32.1. The van der Waals surface area contributed by atoms with Gasteiger partial charge in [0.25, 0.3) is 0 Å². The number of para-hydroxylation sites is 3. The molecule has 2 aliphatic rings. The normalized spacial score (nSPS) is 13.5. The van der Waals surface area contributed by atoms with Crippen LogP contribution in [0.4, 0.5) is 34.1 Å². The van der Waals surface area contributed by atoms with Crippen LogP contribution >= 0.6 is 11.3 Å². The predicted molar refractivity (Wildman–Crippen MR) is 232 cm³/mol. The summed E-state index contributed by atoms with van der Waals surface area (Å²) in [6, 6.07) is 65.8. The van der Waals surface area contributed by atoms with Gasteiger partial charge in [0, 0.05) is 54.4 Å². The van der Waals surface area contributed by atoms with E-state index in [0.717, 1.165) is 45.6 Å². The number of ether oxygens (including phenoxy) is 1. The molecule has 0 radical (unpaired) electrons. The number of rotatable bonds is 5. The molecule has 11 rings (SSSR count). The lowest BCUT2D eigenvalue weighted by Crippen LogP contribution is -2.18. The molecule has 0 saturated carbocycles. The maximum atomic E-state index is 6.71. The minimum Gasteiger partial charge on any atom is -0.453 e. The second-order valence-corrected chi connectivity index (χ2v) is 16.1. The van der Waals surface area contributed by atoms with Gasteiger partial charge in [-0.25, -0.2) is 0 Å². The molecule has 0 amide bonds. The first-order valence-corrected chi connectivity index (χ1v) is 19.7. The first-order chi connectivity index (χ1) is 27.0. The van der Waals surface area contributed by atoms with Crippen LogP contribution in [0.2, 0.25) is 0 Å². The first kappa shape index (κ1) is 31.9. The van der Waals surface area contributed by atoms with E-state index in [1.807, 2.05) is 23.5 Å². The summed E-state index contributed by atoms with van der Waals surface area (Å²) in [5, 5.41) is 2.63. The molecule has 0 spiro atoms. The Bertz CT molecular complexity index is 2940. The van der Waals surface area contributed by atoms with E-state index in [4.69, 9.17) is 4.74 Å². The van der Waals surface area contributed by atoms with Crippen molar-refractivity contribution in [3.8, 4) is 33.8 Å². The zero-order chi connectivity index (χ0) is 36.7. The molecule has 3 nitrogen and oxygen atoms in total. The molecule has 4 heteroatoms. The largest absolute Gasteiger partial charge is 0.453 e. The highest BCUT2D eigenvalue weighted by Crippen LogP contribution is 2.54. The van der Waals surface area contributed by atoms with E-state index in [1.54, 1.807) is 0 Å². The molecule has 1 aliphatic carbocycles. The molecule has 1 aromatic heterocycles. The lowest BCUT2D eigenvalue weighted by Gasteiger charge is -2.34. The minimum atomic E-state index is -0.124. The molecule has 0 fully saturated rings. The fraction of sp³-hybridized carbons (Fsp3) is 0.0588. The molecular formula is C51H36N2OS. The molecule has 262 valence electrons. The topological polar surface area (TPSA) is 15.7 Å². The molecular weight excluding hydrogens is 689 g/mol. The molecule has 8 aromatic carbocycles. The first-order valence-electron chi connectivity index (χ1n) is 18.8. The van der Waals surface area contributed by atoms with Crippen molar-refractivity contribution in [3.63, 3.8) is 0 Å². The van der Waals surface area contributed by atoms with Crippen molar-refractivity contribution in [1.29, 1.82) is 0 Å². The maximum Gasteiger partial charge on any atom is 0.153 e. The fourth-order valence-corrected chi connectivity index (χ4v) is 9.81. The summed E-state index contributed by atoms with van der Waals surface area (Å²) in [5.74, 6) is 1.64. The molecule has 2 heterocycles. The zero-order valence-electron chi connectivity index (χ0n) is 30.5. The van der Waals surface area contributed by atoms with Crippen molar-refractivity contribution in [3.05, 3.63) is 193 Å². The molecule has 0 atom stereocenters. The third-order valence-electron chi connectivity index (χ3n) is 11.4. The SMILES string of the molecule is CC1(C)c2ccccc2-c2ccc(N(c3ccc(-c4ccc5sc6ccccc6c5c4)cc3)c3ccc4c(c3)Oc3ccccc3N4c3ccccc3)cc21. The second-order valence-electron chi connectivity index (χ2n) is 15.0. The van der Waals surface area contributed by atoms with Crippen molar-refractivity contribution >= 4 is 65.6 Å². The van der Waals surface area contributed by atoms with Gasteiger partial charge in [-0.2, -0.15) is 0 Å². The molecule has 55 heavy (non-hydrogen) atoms. The van der Waals surface area contributed by atoms with Gasteiger partial charge in [-0.1, -0.05) is 111 Å². The average Bonchev–Trinajstić information content (AvgIpc) is 3.72. The van der Waals surface area contributed by atoms with Gasteiger partial charge < -0.3 is 14.5 Å². The lowest BCUT2D eigenvalue weighted by molar-refractivity contribution is 0.477. The van der Waals surface area contributed by atoms with Crippen molar-refractivity contribution in [1.82, 2.24) is 0 Å². The third kappa shape index (κ3) is 5.02. The van der Waals surface area contributed by atoms with Gasteiger partial charge in [0.05, 0.1) is 11.4 Å². The van der Waals surface area contributed by atoms with Crippen molar-refractivity contribution in [2.24, 2.45) is 0 Å². The quantitative estimate of drug-likeness (QED) is 0.176. The van der Waals surface area contributed by atoms with Crippen LogP contribution in [0.25, 0.3) is 42.4 Å². The van der Waals surface area contributed by atoms with Gasteiger partial charge in [-0.15, -0.1) is 11.3 Å².